The van der Waals surface area contributed by atoms with Gasteiger partial charge in [-0.1, -0.05) is 42.5 Å². The molecule has 2 heterocycles. The van der Waals surface area contributed by atoms with Crippen LogP contribution in [-0.2, 0) is 19.1 Å². The van der Waals surface area contributed by atoms with E-state index in [0.29, 0.717) is 23.5 Å². The van der Waals surface area contributed by atoms with Crippen molar-refractivity contribution in [3.8, 4) is 0 Å². The van der Waals surface area contributed by atoms with Crippen molar-refractivity contribution in [1.29, 1.82) is 0 Å². The number of nitro benzene ring substituents is 1. The van der Waals surface area contributed by atoms with Gasteiger partial charge in [0.25, 0.3) is 5.69 Å². The summed E-state index contributed by atoms with van der Waals surface area (Å²) in [6.45, 7) is 7.83. The molecule has 38 heavy (non-hydrogen) atoms. The quantitative estimate of drug-likeness (QED) is 0.292. The monoisotopic (exact) mass is 520 g/mol. The van der Waals surface area contributed by atoms with E-state index in [1.54, 1.807) is 26.0 Å². The van der Waals surface area contributed by atoms with Gasteiger partial charge in [0.2, 0.25) is 0 Å². The number of allylic oxidation sites excluding steroid dienone is 1. The fraction of sp³-hybridized carbons (Fsp3) is 0.357. The summed E-state index contributed by atoms with van der Waals surface area (Å²) in [5.41, 5.74) is 2.39. The van der Waals surface area contributed by atoms with Gasteiger partial charge in [0.1, 0.15) is 6.61 Å². The zero-order chi connectivity index (χ0) is 27.1. The van der Waals surface area contributed by atoms with Crippen molar-refractivity contribution >= 4 is 23.3 Å². The van der Waals surface area contributed by atoms with Gasteiger partial charge in [-0.05, 0) is 25.0 Å². The molecule has 2 N–H and O–H groups in total. The number of esters is 2. The van der Waals surface area contributed by atoms with Gasteiger partial charge in [-0.15, -0.1) is 0 Å². The first kappa shape index (κ1) is 27.0. The lowest BCUT2D eigenvalue weighted by Crippen LogP contribution is -2.44. The fourth-order valence-electron chi connectivity index (χ4n) is 4.79. The molecule has 0 spiro atoms. The number of rotatable bonds is 9. The number of carbonyl (C=O) groups is 2. The third-order valence-corrected chi connectivity index (χ3v) is 6.61. The Bertz CT molecular complexity index is 1250. The van der Waals surface area contributed by atoms with Crippen molar-refractivity contribution in [1.82, 2.24) is 15.5 Å². The van der Waals surface area contributed by atoms with E-state index >= 15 is 0 Å². The maximum atomic E-state index is 13.6. The van der Waals surface area contributed by atoms with Gasteiger partial charge in [0.05, 0.1) is 34.3 Å². The van der Waals surface area contributed by atoms with Crippen molar-refractivity contribution in [3.63, 3.8) is 0 Å². The van der Waals surface area contributed by atoms with Gasteiger partial charge in [0, 0.05) is 50.6 Å². The van der Waals surface area contributed by atoms with E-state index in [1.807, 2.05) is 30.3 Å². The average Bonchev–Trinajstić information content (AvgIpc) is 2.93. The molecule has 0 bridgehead atoms. The second kappa shape index (κ2) is 12.5. The SMILES string of the molecule is CCOC(=O)C1=C(c2ccccc2)NC(C)=C(C(=O)OCCN2CCNCC2)C1c1cccc([N+](=O)[O-])c1. The number of benzene rings is 2. The molecule has 2 aliphatic heterocycles. The van der Waals surface area contributed by atoms with Crippen LogP contribution in [0.3, 0.4) is 0 Å². The fourth-order valence-corrected chi connectivity index (χ4v) is 4.79. The van der Waals surface area contributed by atoms with E-state index in [-0.39, 0.29) is 30.0 Å². The first-order valence-electron chi connectivity index (χ1n) is 12.7. The van der Waals surface area contributed by atoms with Crippen LogP contribution < -0.4 is 10.6 Å². The van der Waals surface area contributed by atoms with E-state index in [9.17, 15) is 19.7 Å². The molecule has 2 aromatic carbocycles. The minimum Gasteiger partial charge on any atom is -0.463 e. The summed E-state index contributed by atoms with van der Waals surface area (Å²) in [7, 11) is 0. The van der Waals surface area contributed by atoms with Crippen LogP contribution in [0.15, 0.2) is 71.4 Å². The molecule has 1 atom stereocenters. The maximum Gasteiger partial charge on any atom is 0.337 e. The van der Waals surface area contributed by atoms with Gasteiger partial charge in [-0.2, -0.15) is 0 Å². The van der Waals surface area contributed by atoms with Gasteiger partial charge in [-0.25, -0.2) is 9.59 Å². The molecule has 0 aliphatic carbocycles. The zero-order valence-corrected chi connectivity index (χ0v) is 21.6. The van der Waals surface area contributed by atoms with Crippen LogP contribution in [0.4, 0.5) is 5.69 Å². The highest BCUT2D eigenvalue weighted by molar-refractivity contribution is 6.05. The van der Waals surface area contributed by atoms with Gasteiger partial charge in [0.15, 0.2) is 0 Å². The normalized spacial score (nSPS) is 18.1. The van der Waals surface area contributed by atoms with E-state index in [1.165, 1.54) is 12.1 Å². The number of nitrogens with one attached hydrogen (secondary N) is 2. The Hall–Kier alpha value is -4.02. The molecule has 2 aromatic rings. The van der Waals surface area contributed by atoms with Crippen molar-refractivity contribution in [3.05, 3.63) is 92.7 Å². The molecule has 1 saturated heterocycles. The third kappa shape index (κ3) is 6.09. The van der Waals surface area contributed by atoms with Crippen molar-refractivity contribution in [2.45, 2.75) is 19.8 Å². The lowest BCUT2D eigenvalue weighted by atomic mass is 9.79. The zero-order valence-electron chi connectivity index (χ0n) is 21.6. The Morgan fingerprint density at radius 3 is 2.42 bits per heavy atom. The molecule has 2 aliphatic rings. The topological polar surface area (TPSA) is 123 Å². The van der Waals surface area contributed by atoms with Crippen molar-refractivity contribution < 1.29 is 24.0 Å². The van der Waals surface area contributed by atoms with Crippen molar-refractivity contribution in [2.75, 3.05) is 45.9 Å². The first-order chi connectivity index (χ1) is 18.4. The number of nitro groups is 1. The molecule has 0 amide bonds. The van der Waals surface area contributed by atoms with Crippen LogP contribution in [0.25, 0.3) is 5.70 Å². The predicted octanol–water partition coefficient (Wildman–Crippen LogP) is 2.98. The van der Waals surface area contributed by atoms with Crippen LogP contribution in [0.1, 0.15) is 30.9 Å². The van der Waals surface area contributed by atoms with E-state index in [2.05, 4.69) is 15.5 Å². The number of hydrogen-bond acceptors (Lipinski definition) is 9. The number of carbonyl (C=O) groups excluding carboxylic acids is 2. The molecular weight excluding hydrogens is 488 g/mol. The smallest absolute Gasteiger partial charge is 0.337 e. The highest BCUT2D eigenvalue weighted by atomic mass is 16.6. The maximum absolute atomic E-state index is 13.6. The average molecular weight is 521 g/mol. The molecule has 1 unspecified atom stereocenters. The number of dihydropyridines is 1. The standard InChI is InChI=1S/C28H32N4O6/c1-3-37-28(34)25-24(21-10-7-11-22(18-21)32(35)36)23(19(2)30-26(25)20-8-5-4-6-9-20)27(33)38-17-16-31-14-12-29-13-15-31/h4-11,18,24,29-30H,3,12-17H2,1-2H3. The molecule has 0 saturated carbocycles. The van der Waals surface area contributed by atoms with Crippen LogP contribution >= 0.6 is 0 Å². The molecule has 0 aromatic heterocycles. The number of nitrogens with zero attached hydrogens (tertiary/aromatic N) is 2. The van der Waals surface area contributed by atoms with E-state index in [4.69, 9.17) is 9.47 Å². The molecule has 200 valence electrons. The largest absolute Gasteiger partial charge is 0.463 e. The summed E-state index contributed by atoms with van der Waals surface area (Å²) in [5, 5.41) is 18.1. The Kier molecular flexibility index (Phi) is 8.88. The lowest BCUT2D eigenvalue weighted by molar-refractivity contribution is -0.384. The summed E-state index contributed by atoms with van der Waals surface area (Å²) < 4.78 is 11.1. The minimum atomic E-state index is -0.933. The van der Waals surface area contributed by atoms with E-state index < -0.39 is 22.8 Å². The lowest BCUT2D eigenvalue weighted by Gasteiger charge is -2.32. The summed E-state index contributed by atoms with van der Waals surface area (Å²) in [6, 6.07) is 15.2. The minimum absolute atomic E-state index is 0.124. The predicted molar refractivity (Wildman–Crippen MR) is 142 cm³/mol. The summed E-state index contributed by atoms with van der Waals surface area (Å²) >= 11 is 0. The Morgan fingerprint density at radius 1 is 1.03 bits per heavy atom. The highest BCUT2D eigenvalue weighted by Crippen LogP contribution is 2.42. The first-order valence-corrected chi connectivity index (χ1v) is 12.7. The number of ether oxygens (including phenoxy) is 2. The summed E-state index contributed by atoms with van der Waals surface area (Å²) in [4.78, 5) is 40.3. The number of hydrogen-bond donors (Lipinski definition) is 2. The second-order valence-corrected chi connectivity index (χ2v) is 9.05. The highest BCUT2D eigenvalue weighted by Gasteiger charge is 2.40. The van der Waals surface area contributed by atoms with Gasteiger partial charge < -0.3 is 20.1 Å². The second-order valence-electron chi connectivity index (χ2n) is 9.05. The molecule has 10 heteroatoms. The van der Waals surface area contributed by atoms with Crippen LogP contribution in [0.5, 0.6) is 0 Å². The number of piperazine rings is 1. The molecule has 10 nitrogen and oxygen atoms in total. The molecule has 4 rings (SSSR count). The van der Waals surface area contributed by atoms with E-state index in [0.717, 1.165) is 31.7 Å². The van der Waals surface area contributed by atoms with Crippen LogP contribution in [0, 0.1) is 10.1 Å². The summed E-state index contributed by atoms with van der Waals surface area (Å²) in [6.07, 6.45) is 0. The third-order valence-electron chi connectivity index (χ3n) is 6.61. The summed E-state index contributed by atoms with van der Waals surface area (Å²) in [5.74, 6) is -2.14. The number of non-ortho nitro benzene ring substituents is 1. The molecular formula is C28H32N4O6. The van der Waals surface area contributed by atoms with Crippen LogP contribution in [0.2, 0.25) is 0 Å². The molecule has 0 radical (unpaired) electrons. The Morgan fingerprint density at radius 2 is 1.74 bits per heavy atom. The van der Waals surface area contributed by atoms with Gasteiger partial charge in [-0.3, -0.25) is 15.0 Å². The van der Waals surface area contributed by atoms with Crippen molar-refractivity contribution in [2.24, 2.45) is 0 Å². The van der Waals surface area contributed by atoms with Gasteiger partial charge >= 0.3 is 11.9 Å². The Balaban J connectivity index is 1.77. The molecule has 1 fully saturated rings. The Labute approximate surface area is 221 Å². The van der Waals surface area contributed by atoms with Crippen LogP contribution in [-0.4, -0.2) is 67.7 Å².